The topological polar surface area (TPSA) is 247 Å². The monoisotopic (exact) mass is 825 g/mol. The van der Waals surface area contributed by atoms with Crippen molar-refractivity contribution in [1.82, 2.24) is 4.98 Å². The number of nitrogens with zero attached hydrogens (tertiary/aromatic N) is 1. The zero-order valence-electron chi connectivity index (χ0n) is 33.5. The standard InChI is InChI=1S/C41H47NO17/c1-20-15-16-27-26(14-11-17-42-27)37(50)53-18-38(6)28-29(54-22(3)44)33(56-24(5)46)40(19-52-21(2)43)34(58-36(49)25-12-9-8-10-13-25)30(55-23(4)45)32(57-35(20)48)39(7,51)41(40,59-38)31(28)47/h8-14,17,20,28-34,47,51H,15-16,18-19H2,1-7H3/t20-,28+,29+,30-,31+,32+,33+,34-,38-,39-,40+,41-/m0/s1. The predicted octanol–water partition coefficient (Wildman–Crippen LogP) is 1.59. The molecule has 318 valence electrons. The van der Waals surface area contributed by atoms with Crippen molar-refractivity contribution in [2.75, 3.05) is 13.2 Å². The number of carbonyl (C=O) groups is 7. The molecule has 18 heteroatoms. The molecule has 0 unspecified atom stereocenters. The smallest absolute Gasteiger partial charge is 0.340 e. The number of rotatable bonds is 7. The molecule has 3 fully saturated rings. The normalized spacial score (nSPS) is 36.3. The first-order valence-corrected chi connectivity index (χ1v) is 19.0. The number of aliphatic hydroxyl groups is 2. The van der Waals surface area contributed by atoms with Crippen molar-refractivity contribution >= 4 is 41.8 Å². The van der Waals surface area contributed by atoms with E-state index in [0.29, 0.717) is 0 Å². The van der Waals surface area contributed by atoms with Gasteiger partial charge < -0.3 is 48.1 Å². The number of fused-ring (bicyclic) bond motifs is 5. The Balaban J connectivity index is 1.73. The molecule has 2 aliphatic carbocycles. The number of benzene rings is 1. The van der Waals surface area contributed by atoms with Gasteiger partial charge in [-0.2, -0.15) is 0 Å². The molecule has 4 bridgehead atoms. The molecule has 2 saturated carbocycles. The number of esters is 7. The van der Waals surface area contributed by atoms with Gasteiger partial charge in [0.1, 0.15) is 41.5 Å². The van der Waals surface area contributed by atoms with Crippen molar-refractivity contribution in [1.29, 1.82) is 0 Å². The molecule has 2 aromatic rings. The number of aryl methyl sites for hydroxylation is 1. The van der Waals surface area contributed by atoms with Crippen molar-refractivity contribution in [2.24, 2.45) is 17.3 Å². The van der Waals surface area contributed by atoms with E-state index in [1.807, 2.05) is 0 Å². The number of aliphatic hydroxyl groups excluding tert-OH is 1. The zero-order valence-corrected chi connectivity index (χ0v) is 33.5. The molecular formula is C41H47NO17. The van der Waals surface area contributed by atoms with Crippen LogP contribution in [-0.4, -0.2) is 124 Å². The third-order valence-electron chi connectivity index (χ3n) is 11.8. The summed E-state index contributed by atoms with van der Waals surface area (Å²) in [5.41, 5.74) is -9.98. The number of hydrogen-bond acceptors (Lipinski definition) is 18. The Labute approximate surface area is 338 Å². The van der Waals surface area contributed by atoms with Gasteiger partial charge in [-0.05, 0) is 51.0 Å². The first-order valence-electron chi connectivity index (χ1n) is 19.0. The molecule has 2 N–H and O–H groups in total. The summed E-state index contributed by atoms with van der Waals surface area (Å²) in [4.78, 5) is 99.0. The Kier molecular flexibility index (Phi) is 11.7. The third-order valence-corrected chi connectivity index (χ3v) is 11.8. The molecular weight excluding hydrogens is 778 g/mol. The first-order chi connectivity index (χ1) is 27.7. The minimum Gasteiger partial charge on any atom is -0.465 e. The van der Waals surface area contributed by atoms with Gasteiger partial charge in [0.15, 0.2) is 24.4 Å². The Hall–Kier alpha value is -5.46. The van der Waals surface area contributed by atoms with Crippen LogP contribution in [0.15, 0.2) is 48.7 Å². The molecule has 1 aromatic carbocycles. The summed E-state index contributed by atoms with van der Waals surface area (Å²) in [5.74, 6) is -9.51. The van der Waals surface area contributed by atoms with Crippen LogP contribution in [0.25, 0.3) is 0 Å². The summed E-state index contributed by atoms with van der Waals surface area (Å²) in [6, 6.07) is 10.4. The average molecular weight is 826 g/mol. The van der Waals surface area contributed by atoms with Crippen LogP contribution in [0.3, 0.4) is 0 Å². The number of carbonyl (C=O) groups excluding carboxylic acids is 7. The van der Waals surface area contributed by atoms with Crippen LogP contribution in [0.2, 0.25) is 0 Å². The molecule has 18 nitrogen and oxygen atoms in total. The molecule has 1 saturated heterocycles. The van der Waals surface area contributed by atoms with E-state index < -0.39 is 126 Å². The van der Waals surface area contributed by atoms with Gasteiger partial charge in [-0.1, -0.05) is 25.1 Å². The highest BCUT2D eigenvalue weighted by molar-refractivity contribution is 5.91. The van der Waals surface area contributed by atoms with E-state index in [2.05, 4.69) is 4.98 Å². The highest BCUT2D eigenvalue weighted by Gasteiger charge is 2.91. The van der Waals surface area contributed by atoms with E-state index in [1.165, 1.54) is 56.4 Å². The maximum atomic E-state index is 14.3. The quantitative estimate of drug-likeness (QED) is 0.297. The summed E-state index contributed by atoms with van der Waals surface area (Å²) < 4.78 is 48.6. The minimum absolute atomic E-state index is 0.0401. The Bertz CT molecular complexity index is 2020. The third kappa shape index (κ3) is 7.20. The molecule has 2 aliphatic heterocycles. The van der Waals surface area contributed by atoms with Gasteiger partial charge in [0.25, 0.3) is 0 Å². The van der Waals surface area contributed by atoms with Crippen molar-refractivity contribution in [3.8, 4) is 0 Å². The van der Waals surface area contributed by atoms with Crippen LogP contribution >= 0.6 is 0 Å². The molecule has 0 amide bonds. The van der Waals surface area contributed by atoms with Crippen molar-refractivity contribution in [3.05, 3.63) is 65.5 Å². The molecule has 4 aliphatic rings. The second kappa shape index (κ2) is 16.0. The van der Waals surface area contributed by atoms with Gasteiger partial charge in [0.2, 0.25) is 0 Å². The van der Waals surface area contributed by atoms with Gasteiger partial charge in [-0.25, -0.2) is 9.59 Å². The summed E-state index contributed by atoms with van der Waals surface area (Å²) in [5, 5.41) is 26.3. The first kappa shape index (κ1) is 43.1. The van der Waals surface area contributed by atoms with E-state index in [4.69, 9.17) is 37.9 Å². The average Bonchev–Trinajstić information content (AvgIpc) is 3.37. The summed E-state index contributed by atoms with van der Waals surface area (Å²) in [6.45, 7) is 6.23. The fraction of sp³-hybridized carbons (Fsp3) is 0.561. The largest absolute Gasteiger partial charge is 0.465 e. The molecule has 6 rings (SSSR count). The van der Waals surface area contributed by atoms with Gasteiger partial charge in [0, 0.05) is 33.9 Å². The van der Waals surface area contributed by atoms with E-state index in [9.17, 15) is 43.8 Å². The second-order valence-electron chi connectivity index (χ2n) is 15.8. The van der Waals surface area contributed by atoms with Crippen molar-refractivity contribution in [3.63, 3.8) is 0 Å². The zero-order chi connectivity index (χ0) is 43.2. The maximum absolute atomic E-state index is 14.3. The number of aromatic nitrogens is 1. The van der Waals surface area contributed by atoms with Gasteiger partial charge in [-0.3, -0.25) is 29.0 Å². The van der Waals surface area contributed by atoms with Gasteiger partial charge in [-0.15, -0.1) is 0 Å². The lowest BCUT2D eigenvalue weighted by Crippen LogP contribution is -2.89. The number of hydrogen-bond donors (Lipinski definition) is 2. The Morgan fingerprint density at radius 3 is 2.10 bits per heavy atom. The van der Waals surface area contributed by atoms with Crippen molar-refractivity contribution in [2.45, 2.75) is 115 Å². The van der Waals surface area contributed by atoms with Gasteiger partial charge in [0.05, 0.1) is 34.8 Å². The van der Waals surface area contributed by atoms with Crippen LogP contribution in [0.5, 0.6) is 0 Å². The Morgan fingerprint density at radius 2 is 1.47 bits per heavy atom. The summed E-state index contributed by atoms with van der Waals surface area (Å²) in [7, 11) is 0. The van der Waals surface area contributed by atoms with Crippen LogP contribution < -0.4 is 0 Å². The molecule has 3 heterocycles. The van der Waals surface area contributed by atoms with Crippen LogP contribution in [0.1, 0.15) is 81.3 Å². The number of ether oxygens (including phenoxy) is 8. The highest BCUT2D eigenvalue weighted by atomic mass is 16.7. The van der Waals surface area contributed by atoms with Crippen LogP contribution in [-0.2, 0) is 68.3 Å². The second-order valence-corrected chi connectivity index (χ2v) is 15.8. The number of cyclic esters (lactones) is 1. The fourth-order valence-electron chi connectivity index (χ4n) is 9.45. The molecule has 12 atom stereocenters. The SMILES string of the molecule is CC(=O)OC[C@]12[C@H](OC(C)=O)[C@H](OC(C)=O)[C@@H]3[C@@H](O)[C@@]14O[C@@]3(C)COC(=O)c1cccnc1CC[C@H](C)C(=O)O[C@H]([C@H](OC(C)=O)[C@@H]2OC(=O)c1ccccc1)[C@]4(C)O. The fourth-order valence-corrected chi connectivity index (χ4v) is 9.45. The molecule has 0 radical (unpaired) electrons. The van der Waals surface area contributed by atoms with Crippen LogP contribution in [0, 0.1) is 17.3 Å². The van der Waals surface area contributed by atoms with E-state index in [1.54, 1.807) is 6.07 Å². The predicted molar refractivity (Wildman–Crippen MR) is 196 cm³/mol. The molecule has 1 spiro atoms. The Morgan fingerprint density at radius 1 is 0.847 bits per heavy atom. The molecule has 1 aromatic heterocycles. The minimum atomic E-state index is -2.80. The lowest BCUT2D eigenvalue weighted by molar-refractivity contribution is -0.385. The molecule has 59 heavy (non-hydrogen) atoms. The number of pyridine rings is 1. The lowest BCUT2D eigenvalue weighted by Gasteiger charge is -2.67. The summed E-state index contributed by atoms with van der Waals surface area (Å²) >= 11 is 0. The maximum Gasteiger partial charge on any atom is 0.340 e. The highest BCUT2D eigenvalue weighted by Crippen LogP contribution is 2.69. The van der Waals surface area contributed by atoms with E-state index >= 15 is 0 Å². The van der Waals surface area contributed by atoms with E-state index in [-0.39, 0.29) is 29.7 Å². The van der Waals surface area contributed by atoms with Crippen molar-refractivity contribution < 1.29 is 81.7 Å². The van der Waals surface area contributed by atoms with Gasteiger partial charge >= 0.3 is 41.8 Å². The lowest BCUT2D eigenvalue weighted by atomic mass is 9.45. The van der Waals surface area contributed by atoms with Crippen LogP contribution in [0.4, 0.5) is 0 Å². The summed E-state index contributed by atoms with van der Waals surface area (Å²) in [6.07, 6.45) is -10.6. The van der Waals surface area contributed by atoms with E-state index in [0.717, 1.165) is 34.6 Å².